The summed E-state index contributed by atoms with van der Waals surface area (Å²) in [4.78, 5) is 8.95. The van der Waals surface area contributed by atoms with Crippen molar-refractivity contribution in [1.82, 2.24) is 9.97 Å². The first-order valence-electron chi connectivity index (χ1n) is 22.8. The van der Waals surface area contributed by atoms with Crippen LogP contribution in [0.15, 0.2) is 138 Å². The van der Waals surface area contributed by atoms with Crippen LogP contribution >= 0.6 is 0 Å². The van der Waals surface area contributed by atoms with Gasteiger partial charge in [0.1, 0.15) is 5.58 Å². The van der Waals surface area contributed by atoms with Gasteiger partial charge in [-0.1, -0.05) is 149 Å². The van der Waals surface area contributed by atoms with Crippen molar-refractivity contribution in [2.45, 2.75) is 67.0 Å². The van der Waals surface area contributed by atoms with Gasteiger partial charge >= 0.3 is 0 Å². The van der Waals surface area contributed by atoms with Crippen LogP contribution in [0, 0.1) is 31.3 Å². The van der Waals surface area contributed by atoms with Crippen LogP contribution in [-0.2, 0) is 31.9 Å². The third-order valence-electron chi connectivity index (χ3n) is 9.90. The second kappa shape index (κ2) is 15.9. The molecule has 57 heavy (non-hydrogen) atoms. The number of furan rings is 1. The predicted molar refractivity (Wildman–Crippen MR) is 236 cm³/mol. The molecule has 0 fully saturated rings. The van der Waals surface area contributed by atoms with Crippen LogP contribution in [0.3, 0.4) is 0 Å². The zero-order valence-electron chi connectivity index (χ0n) is 40.8. The second-order valence-electron chi connectivity index (χ2n) is 16.3. The minimum atomic E-state index is -2.50. The number of hydrogen-bond acceptors (Lipinski definition) is 3. The first-order chi connectivity index (χ1) is 30.0. The maximum Gasteiger partial charge on any atom is 0.121 e. The van der Waals surface area contributed by atoms with Gasteiger partial charge in [-0.25, -0.2) is 0 Å². The first-order valence-corrected chi connectivity index (χ1v) is 18.8. The van der Waals surface area contributed by atoms with Crippen molar-refractivity contribution in [2.75, 3.05) is 0 Å². The molecule has 0 atom stereocenters. The van der Waals surface area contributed by atoms with E-state index in [1.807, 2.05) is 60.7 Å². The van der Waals surface area contributed by atoms with Gasteiger partial charge in [0.2, 0.25) is 0 Å². The molecule has 6 aromatic carbocycles. The summed E-state index contributed by atoms with van der Waals surface area (Å²) in [7, 11) is 0. The molecule has 0 aliphatic heterocycles. The smallest absolute Gasteiger partial charge is 0.121 e. The Balaban J connectivity index is 0.000000205. The summed E-state index contributed by atoms with van der Waals surface area (Å²) in [5, 5.41) is 6.36. The Bertz CT molecular complexity index is 3200. The summed E-state index contributed by atoms with van der Waals surface area (Å²) >= 11 is 0. The minimum Gasteiger partial charge on any atom is -0.501 e. The van der Waals surface area contributed by atoms with Crippen LogP contribution in [0.2, 0.25) is 0 Å². The second-order valence-corrected chi connectivity index (χ2v) is 16.3. The predicted octanol–water partition coefficient (Wildman–Crippen LogP) is 14.5. The molecule has 0 aliphatic rings. The van der Waals surface area contributed by atoms with Crippen molar-refractivity contribution >= 4 is 43.5 Å². The topological polar surface area (TPSA) is 38.9 Å². The van der Waals surface area contributed by atoms with E-state index in [1.165, 1.54) is 11.8 Å². The molecule has 3 aromatic heterocycles. The molecule has 287 valence electrons. The van der Waals surface area contributed by atoms with Crippen molar-refractivity contribution in [3.05, 3.63) is 168 Å². The van der Waals surface area contributed by atoms with Crippen molar-refractivity contribution in [1.29, 1.82) is 0 Å². The van der Waals surface area contributed by atoms with E-state index in [0.717, 1.165) is 54.7 Å². The van der Waals surface area contributed by atoms with E-state index in [4.69, 9.17) is 15.4 Å². The Morgan fingerprint density at radius 1 is 0.684 bits per heavy atom. The fourth-order valence-electron chi connectivity index (χ4n) is 7.07. The maximum atomic E-state index is 8.85. The number of rotatable bonds is 4. The molecule has 9 aromatic rings. The third kappa shape index (κ3) is 8.35. The van der Waals surface area contributed by atoms with E-state index >= 15 is 0 Å². The summed E-state index contributed by atoms with van der Waals surface area (Å²) in [6.07, 6.45) is 1.15. The summed E-state index contributed by atoms with van der Waals surface area (Å²) in [6, 6.07) is 45.4. The quantitative estimate of drug-likeness (QED) is 0.130. The average molecular weight is 929 g/mol. The zero-order chi connectivity index (χ0) is 46.0. The molecule has 9 rings (SSSR count). The van der Waals surface area contributed by atoms with E-state index in [2.05, 4.69) is 85.3 Å². The van der Waals surface area contributed by atoms with Gasteiger partial charge in [0.15, 0.2) is 0 Å². The van der Waals surface area contributed by atoms with E-state index < -0.39 is 25.5 Å². The number of fused-ring (bicyclic) bond motifs is 6. The van der Waals surface area contributed by atoms with Crippen LogP contribution in [0.25, 0.3) is 77.1 Å². The van der Waals surface area contributed by atoms with Crippen LogP contribution in [0.5, 0.6) is 0 Å². The number of nitrogens with zero attached hydrogens (tertiary/aromatic N) is 2. The fraction of sp³-hybridized carbons (Fsp3) is 0.208. The van der Waals surface area contributed by atoms with Gasteiger partial charge in [-0.2, -0.15) is 0 Å². The van der Waals surface area contributed by atoms with Gasteiger partial charge < -0.3 is 14.4 Å². The van der Waals surface area contributed by atoms with Gasteiger partial charge in [-0.15, -0.1) is 47.5 Å². The molecule has 3 heterocycles. The Morgan fingerprint density at radius 3 is 2.23 bits per heavy atom. The fourth-order valence-corrected chi connectivity index (χ4v) is 7.07. The molecule has 3 nitrogen and oxygen atoms in total. The molecule has 0 unspecified atom stereocenters. The molecule has 0 saturated carbocycles. The number of pyridine rings is 2. The van der Waals surface area contributed by atoms with Gasteiger partial charge in [0.25, 0.3) is 0 Å². The largest absolute Gasteiger partial charge is 0.501 e. The molecule has 0 spiro atoms. The summed E-state index contributed by atoms with van der Waals surface area (Å²) < 4.78 is 71.7. The van der Waals surface area contributed by atoms with Crippen molar-refractivity contribution in [3.63, 3.8) is 0 Å². The van der Waals surface area contributed by atoms with E-state index in [9.17, 15) is 0 Å². The normalized spacial score (nSPS) is 14.6. The first kappa shape index (κ1) is 30.7. The minimum absolute atomic E-state index is 0. The average Bonchev–Trinajstić information content (AvgIpc) is 3.62. The SMILES string of the molecule is [2H]C([2H])([2H])c1c[c-]c(-c2cc(C(C)(C)C)ccn2)cc1-c1ccccc1.[2H]C([2H])([2H])c1cnc(-c2[c-]ccc3c2oc2cc4c(ccc5ccccc54)cc23)cc1C([2H])([2H])C(C)(C)C.[Ir]. The Kier molecular flexibility index (Phi) is 8.54. The van der Waals surface area contributed by atoms with Crippen LogP contribution < -0.4 is 0 Å². The molecule has 0 aliphatic carbocycles. The van der Waals surface area contributed by atoms with Crippen LogP contribution in [0.1, 0.15) is 74.8 Å². The summed E-state index contributed by atoms with van der Waals surface area (Å²) in [6.45, 7) is 7.05. The molecule has 0 amide bonds. The Hall–Kier alpha value is -5.41. The van der Waals surface area contributed by atoms with E-state index in [0.29, 0.717) is 28.0 Å². The van der Waals surface area contributed by atoms with Crippen LogP contribution in [0.4, 0.5) is 0 Å². The number of aromatic nitrogens is 2. The molecule has 0 saturated heterocycles. The van der Waals surface area contributed by atoms with Crippen molar-refractivity contribution in [2.24, 2.45) is 5.41 Å². The third-order valence-corrected chi connectivity index (χ3v) is 9.90. The molecular formula is C53H48IrN2O-2. The zero-order valence-corrected chi connectivity index (χ0v) is 35.2. The van der Waals surface area contributed by atoms with Crippen molar-refractivity contribution < 1.29 is 35.5 Å². The monoisotopic (exact) mass is 929 g/mol. The van der Waals surface area contributed by atoms with Gasteiger partial charge in [0.05, 0.1) is 5.58 Å². The molecule has 1 radical (unpaired) electrons. The summed E-state index contributed by atoms with van der Waals surface area (Å²) in [5.41, 5.74) is 6.13. The molecular weight excluding hydrogens is 873 g/mol. The van der Waals surface area contributed by atoms with Crippen molar-refractivity contribution in [3.8, 4) is 33.6 Å². The summed E-state index contributed by atoms with van der Waals surface area (Å²) in [5.74, 6) is 0. The van der Waals surface area contributed by atoms with Gasteiger partial charge in [0, 0.05) is 48.9 Å². The Labute approximate surface area is 361 Å². The number of hydrogen-bond donors (Lipinski definition) is 0. The maximum absolute atomic E-state index is 8.85. The van der Waals surface area contributed by atoms with Gasteiger partial charge in [-0.05, 0) is 91.9 Å². The molecule has 4 heteroatoms. The Morgan fingerprint density at radius 2 is 1.46 bits per heavy atom. The molecule has 0 bridgehead atoms. The van der Waals surface area contributed by atoms with Crippen LogP contribution in [-0.4, -0.2) is 9.97 Å². The molecule has 0 N–H and O–H groups in total. The van der Waals surface area contributed by atoms with Gasteiger partial charge in [-0.3, -0.25) is 0 Å². The number of aryl methyl sites for hydroxylation is 2. The van der Waals surface area contributed by atoms with E-state index in [-0.39, 0.29) is 36.6 Å². The van der Waals surface area contributed by atoms with E-state index in [1.54, 1.807) is 45.2 Å². The number of benzene rings is 6. The standard InChI is InChI=1S/C31H26NO.C22H22N.Ir/c1-19-18-32-28(15-22(19)17-31(2,3)4)25-11-7-10-24-27-14-21-13-12-20-8-5-6-9-23(20)26(21)16-29(27)33-30(24)25;1-16-10-11-18(14-20(16)17-8-6-5-7-9-17)21-15-19(12-13-23-21)22(2,3)4;/h5-10,12-16,18H,17H2,1-4H3;5-10,12-15H,1-4H3;/q2*-1;/i1D3,17D2;1D3;.